The van der Waals surface area contributed by atoms with E-state index in [1.54, 1.807) is 0 Å². The average molecular weight is 504 g/mol. The van der Waals surface area contributed by atoms with Gasteiger partial charge in [0.1, 0.15) is 12.1 Å². The predicted octanol–water partition coefficient (Wildman–Crippen LogP) is 3.79. The fourth-order valence-corrected chi connectivity index (χ4v) is 3.20. The van der Waals surface area contributed by atoms with Gasteiger partial charge in [-0.1, -0.05) is 70.4 Å². The van der Waals surface area contributed by atoms with Gasteiger partial charge in [-0.15, -0.1) is 0 Å². The maximum atomic E-state index is 10.4. The zero-order chi connectivity index (χ0) is 26.7. The van der Waals surface area contributed by atoms with Gasteiger partial charge in [0.2, 0.25) is 5.91 Å². The van der Waals surface area contributed by atoms with Crippen molar-refractivity contribution in [2.75, 3.05) is 13.2 Å². The van der Waals surface area contributed by atoms with Crippen molar-refractivity contribution in [3.63, 3.8) is 0 Å². The van der Waals surface area contributed by atoms with E-state index in [-0.39, 0.29) is 19.1 Å². The molecule has 6 N–H and O–H groups in total. The molecule has 35 heavy (non-hydrogen) atoms. The minimum Gasteiger partial charge on any atom is -0.481 e. The fourth-order valence-electron chi connectivity index (χ4n) is 3.20. The van der Waals surface area contributed by atoms with Gasteiger partial charge in [0.25, 0.3) is 0 Å². The number of rotatable bonds is 18. The number of nitrogens with one attached hydrogen (secondary N) is 1. The van der Waals surface area contributed by atoms with Crippen LogP contribution in [0.5, 0.6) is 0 Å². The molecular formula is C26H49NO8. The van der Waals surface area contributed by atoms with E-state index in [1.807, 2.05) is 0 Å². The lowest BCUT2D eigenvalue weighted by Gasteiger charge is -1.99. The Bertz CT molecular complexity index is 549. The van der Waals surface area contributed by atoms with Crippen LogP contribution in [0.4, 0.5) is 0 Å². The summed E-state index contributed by atoms with van der Waals surface area (Å²) in [5.74, 6) is -1.77. The quantitative estimate of drug-likeness (QED) is 0.121. The van der Waals surface area contributed by atoms with Gasteiger partial charge >= 0.3 is 11.9 Å². The summed E-state index contributed by atoms with van der Waals surface area (Å²) in [5, 5.41) is 43.2. The molecule has 0 radical (unpaired) electrons. The van der Waals surface area contributed by atoms with Crippen molar-refractivity contribution in [3.05, 3.63) is 12.2 Å². The SMILES string of the molecule is CCCCCCCC/C=C\CCCCCCCC(=O)O.O=C1CC[C@@H](C(=O)O)N1.OCC(O)CO. The molecule has 206 valence electrons. The van der Waals surface area contributed by atoms with E-state index in [1.165, 1.54) is 70.6 Å². The van der Waals surface area contributed by atoms with Crippen molar-refractivity contribution in [1.82, 2.24) is 5.32 Å². The number of carbonyl (C=O) groups is 3. The number of carbonyl (C=O) groups excluding carboxylic acids is 1. The van der Waals surface area contributed by atoms with Crippen LogP contribution < -0.4 is 5.32 Å². The third kappa shape index (κ3) is 28.2. The first-order valence-electron chi connectivity index (χ1n) is 13.1. The Hall–Kier alpha value is -1.97. The first-order valence-corrected chi connectivity index (χ1v) is 13.1. The molecule has 0 aromatic rings. The molecule has 9 heteroatoms. The molecule has 0 spiro atoms. The molecule has 1 fully saturated rings. The van der Waals surface area contributed by atoms with Gasteiger partial charge in [0, 0.05) is 12.8 Å². The summed E-state index contributed by atoms with van der Waals surface area (Å²) in [6.45, 7) is 1.53. The Balaban J connectivity index is 0. The van der Waals surface area contributed by atoms with Crippen LogP contribution in [0.3, 0.4) is 0 Å². The zero-order valence-electron chi connectivity index (χ0n) is 21.5. The van der Waals surface area contributed by atoms with Crippen LogP contribution in [-0.4, -0.2) is 68.7 Å². The molecule has 1 heterocycles. The highest BCUT2D eigenvalue weighted by atomic mass is 16.4. The minimum atomic E-state index is -0.954. The molecule has 0 aromatic heterocycles. The topological polar surface area (TPSA) is 164 Å². The summed E-state index contributed by atoms with van der Waals surface area (Å²) in [5.41, 5.74) is 0. The van der Waals surface area contributed by atoms with Crippen LogP contribution in [0, 0.1) is 0 Å². The number of aliphatic hydroxyl groups excluding tert-OH is 3. The molecule has 0 saturated carbocycles. The predicted molar refractivity (Wildman–Crippen MR) is 136 cm³/mol. The lowest BCUT2D eigenvalue weighted by Crippen LogP contribution is -2.32. The zero-order valence-corrected chi connectivity index (χ0v) is 21.5. The highest BCUT2D eigenvalue weighted by Gasteiger charge is 2.26. The maximum Gasteiger partial charge on any atom is 0.326 e. The van der Waals surface area contributed by atoms with E-state index in [4.69, 9.17) is 25.5 Å². The van der Waals surface area contributed by atoms with Crippen molar-refractivity contribution in [2.45, 2.75) is 122 Å². The summed E-state index contributed by atoms with van der Waals surface area (Å²) >= 11 is 0. The third-order valence-corrected chi connectivity index (χ3v) is 5.37. The maximum absolute atomic E-state index is 10.4. The van der Waals surface area contributed by atoms with Crippen molar-refractivity contribution in [2.24, 2.45) is 0 Å². The number of amides is 1. The molecule has 1 amide bonds. The highest BCUT2D eigenvalue weighted by molar-refractivity contribution is 5.87. The van der Waals surface area contributed by atoms with E-state index in [9.17, 15) is 14.4 Å². The Morgan fingerprint density at radius 2 is 1.37 bits per heavy atom. The summed E-state index contributed by atoms with van der Waals surface area (Å²) < 4.78 is 0. The molecule has 0 bridgehead atoms. The van der Waals surface area contributed by atoms with Crippen molar-refractivity contribution in [1.29, 1.82) is 0 Å². The molecule has 1 atom stereocenters. The Morgan fingerprint density at radius 3 is 1.71 bits per heavy atom. The normalized spacial score (nSPS) is 14.8. The van der Waals surface area contributed by atoms with E-state index in [2.05, 4.69) is 24.4 Å². The second-order valence-electron chi connectivity index (χ2n) is 8.74. The molecule has 0 aliphatic carbocycles. The fraction of sp³-hybridized carbons (Fsp3) is 0.808. The number of carboxylic acid groups (broad SMARTS) is 2. The van der Waals surface area contributed by atoms with Crippen LogP contribution in [0.25, 0.3) is 0 Å². The van der Waals surface area contributed by atoms with Gasteiger partial charge in [0.05, 0.1) is 13.2 Å². The van der Waals surface area contributed by atoms with E-state index in [0.29, 0.717) is 19.3 Å². The summed E-state index contributed by atoms with van der Waals surface area (Å²) in [6, 6.07) is -0.641. The minimum absolute atomic E-state index is 0.164. The second-order valence-corrected chi connectivity index (χ2v) is 8.74. The average Bonchev–Trinajstić information content (AvgIpc) is 3.28. The van der Waals surface area contributed by atoms with E-state index >= 15 is 0 Å². The summed E-state index contributed by atoms with van der Waals surface area (Å²) in [4.78, 5) is 30.8. The van der Waals surface area contributed by atoms with Crippen LogP contribution in [0.1, 0.15) is 110 Å². The summed E-state index contributed by atoms with van der Waals surface area (Å²) in [7, 11) is 0. The van der Waals surface area contributed by atoms with Crippen LogP contribution in [0.15, 0.2) is 12.2 Å². The van der Waals surface area contributed by atoms with Crippen LogP contribution in [-0.2, 0) is 14.4 Å². The Morgan fingerprint density at radius 1 is 0.886 bits per heavy atom. The molecule has 1 rings (SSSR count). The second kappa shape index (κ2) is 26.6. The van der Waals surface area contributed by atoms with Crippen LogP contribution in [0.2, 0.25) is 0 Å². The van der Waals surface area contributed by atoms with Crippen molar-refractivity contribution >= 4 is 17.8 Å². The molecule has 1 saturated heterocycles. The van der Waals surface area contributed by atoms with Gasteiger partial charge in [0.15, 0.2) is 0 Å². The molecule has 1 aliphatic rings. The van der Waals surface area contributed by atoms with Gasteiger partial charge in [-0.05, 0) is 38.5 Å². The smallest absolute Gasteiger partial charge is 0.326 e. The Kier molecular flexibility index (Phi) is 26.8. The number of aliphatic carboxylic acids is 2. The number of carboxylic acids is 2. The third-order valence-electron chi connectivity index (χ3n) is 5.37. The van der Waals surface area contributed by atoms with Gasteiger partial charge in [-0.25, -0.2) is 4.79 Å². The summed E-state index contributed by atoms with van der Waals surface area (Å²) in [6.07, 6.45) is 21.1. The van der Waals surface area contributed by atoms with Crippen LogP contribution >= 0.6 is 0 Å². The number of aliphatic hydroxyl groups is 3. The molecular weight excluding hydrogens is 454 g/mol. The highest BCUT2D eigenvalue weighted by Crippen LogP contribution is 2.10. The van der Waals surface area contributed by atoms with E-state index < -0.39 is 24.1 Å². The molecule has 9 nitrogen and oxygen atoms in total. The number of hydrogen-bond acceptors (Lipinski definition) is 6. The van der Waals surface area contributed by atoms with Gasteiger partial charge in [-0.2, -0.15) is 0 Å². The van der Waals surface area contributed by atoms with E-state index in [0.717, 1.165) is 12.8 Å². The van der Waals surface area contributed by atoms with Gasteiger partial charge < -0.3 is 30.8 Å². The van der Waals surface area contributed by atoms with Crippen molar-refractivity contribution < 1.29 is 39.9 Å². The monoisotopic (exact) mass is 503 g/mol. The van der Waals surface area contributed by atoms with Gasteiger partial charge in [-0.3, -0.25) is 9.59 Å². The number of unbranched alkanes of at least 4 members (excludes halogenated alkanes) is 11. The lowest BCUT2D eigenvalue weighted by atomic mass is 10.1. The first-order chi connectivity index (χ1) is 16.8. The standard InChI is InChI=1S/C18H34O2.C5H7NO3.C3H8O3/c1-2-3-4-5-6-7-8-9-10-11-12-13-14-15-16-17-18(19)20;7-4-2-1-3(6-4)5(8)9;4-1-3(6)2-5/h9-10H,2-8,11-17H2,1H3,(H,19,20);3H,1-2H2,(H,6,7)(H,8,9);3-6H,1-2H2/b10-9-;;/t;3-;/m.0./s1. The number of allylic oxidation sites excluding steroid dienone is 2. The molecule has 0 aromatic carbocycles. The molecule has 0 unspecified atom stereocenters. The lowest BCUT2D eigenvalue weighted by molar-refractivity contribution is -0.140. The number of hydrogen-bond donors (Lipinski definition) is 6. The molecule has 1 aliphatic heterocycles. The first kappa shape index (κ1) is 35.2. The largest absolute Gasteiger partial charge is 0.481 e. The Labute approximate surface area is 210 Å². The van der Waals surface area contributed by atoms with Crippen molar-refractivity contribution in [3.8, 4) is 0 Å².